The minimum Gasteiger partial charge on any atom is -0.370 e. The van der Waals surface area contributed by atoms with E-state index >= 15 is 0 Å². The van der Waals surface area contributed by atoms with E-state index in [9.17, 15) is 33.8 Å². The molecule has 256 valence electrons. The minimum absolute atomic E-state index is 0.0179. The number of hydrogen-bond acceptors (Lipinski definition) is 8. The van der Waals surface area contributed by atoms with E-state index in [4.69, 9.17) is 0 Å². The van der Waals surface area contributed by atoms with Crippen LogP contribution in [0.4, 0.5) is 0 Å². The number of nitrogens with one attached hydrogen (secondary N) is 2. The first kappa shape index (κ1) is 35.1. The molecule has 2 aliphatic rings. The first-order valence-electron chi connectivity index (χ1n) is 16.0. The Bertz CT molecular complexity index is 2210. The van der Waals surface area contributed by atoms with Crippen molar-refractivity contribution in [3.8, 4) is 22.3 Å². The first-order chi connectivity index (χ1) is 24.7. The fourth-order valence-corrected chi connectivity index (χ4v) is 8.42. The van der Waals surface area contributed by atoms with E-state index in [0.29, 0.717) is 17.7 Å². The van der Waals surface area contributed by atoms with Gasteiger partial charge in [0.25, 0.3) is 11.7 Å². The monoisotopic (exact) mass is 736 g/mol. The summed E-state index contributed by atoms with van der Waals surface area (Å²) in [7, 11) is -7.52. The Kier molecular flexibility index (Phi) is 10.4. The van der Waals surface area contributed by atoms with Crippen LogP contribution in [-0.2, 0) is 22.3 Å². The zero-order valence-electron chi connectivity index (χ0n) is 27.0. The van der Waals surface area contributed by atoms with Crippen molar-refractivity contribution in [1.29, 1.82) is 0 Å². The number of hydrogen-bond donors (Lipinski definition) is 7. The fraction of sp³-hybridized carbons (Fsp3) is 0.105. The van der Waals surface area contributed by atoms with Crippen LogP contribution in [0.1, 0.15) is 50.8 Å². The summed E-state index contributed by atoms with van der Waals surface area (Å²) in [5.74, 6) is -1.15. The van der Waals surface area contributed by atoms with Crippen LogP contribution >= 0.6 is 24.8 Å². The number of carbonyl (C=O) groups excluding carboxylic acids is 1. The van der Waals surface area contributed by atoms with E-state index < -0.39 is 42.5 Å². The molecule has 3 atom stereocenters. The van der Waals surface area contributed by atoms with Crippen molar-refractivity contribution in [3.05, 3.63) is 160 Å². The number of carbonyl (C=O) groups is 1. The summed E-state index contributed by atoms with van der Waals surface area (Å²) in [6.07, 6.45) is 1.78. The maximum atomic E-state index is 12.3. The van der Waals surface area contributed by atoms with E-state index in [1.807, 2.05) is 103 Å². The van der Waals surface area contributed by atoms with Crippen LogP contribution in [0.15, 0.2) is 126 Å². The van der Waals surface area contributed by atoms with E-state index in [1.54, 1.807) is 12.1 Å². The Balaban J connectivity index is 1.21. The molecule has 2 aliphatic heterocycles. The van der Waals surface area contributed by atoms with Crippen LogP contribution < -0.4 is 10.6 Å². The molecule has 13 heteroatoms. The quantitative estimate of drug-likeness (QED) is 0.0749. The van der Waals surface area contributed by atoms with Gasteiger partial charge in [-0.15, -0.1) is 0 Å². The maximum absolute atomic E-state index is 12.3. The summed E-state index contributed by atoms with van der Waals surface area (Å²) >= 11 is 0. The minimum atomic E-state index is -2.55. The second-order valence-corrected chi connectivity index (χ2v) is 15.4. The summed E-state index contributed by atoms with van der Waals surface area (Å²) in [6.45, 7) is 0.381. The van der Waals surface area contributed by atoms with Gasteiger partial charge in [0.15, 0.2) is 0 Å². The molecular formula is C38H33N3O7P3+. The normalized spacial score (nSPS) is 16.2. The zero-order valence-corrected chi connectivity index (χ0v) is 29.6. The predicted molar refractivity (Wildman–Crippen MR) is 201 cm³/mol. The summed E-state index contributed by atoms with van der Waals surface area (Å²) < 4.78 is 12.2. The number of amides is 1. The molecule has 3 unspecified atom stereocenters. The third kappa shape index (κ3) is 7.52. The SMILES string of the molecule is O=C1Cc2cc(-c3cccc4c3C=C(P(O)O)NC4c3cccc(-c4cccc(CNC(c5ccccc5)[P+](=O)O)c4)c3)ccc2C(P(O)O)=N1. The van der Waals surface area contributed by atoms with E-state index in [1.165, 1.54) is 0 Å². The Hall–Kier alpha value is -4.30. The van der Waals surface area contributed by atoms with Gasteiger partial charge in [0.1, 0.15) is 5.45 Å². The van der Waals surface area contributed by atoms with Gasteiger partial charge in [-0.2, -0.15) is 4.89 Å². The predicted octanol–water partition coefficient (Wildman–Crippen LogP) is 6.96. The smallest absolute Gasteiger partial charge is 0.370 e. The van der Waals surface area contributed by atoms with E-state index in [2.05, 4.69) is 21.7 Å². The van der Waals surface area contributed by atoms with Crippen molar-refractivity contribution < 1.29 is 33.8 Å². The maximum Gasteiger partial charge on any atom is 0.529 e. The molecule has 0 aromatic heterocycles. The van der Waals surface area contributed by atoms with Gasteiger partial charge < -0.3 is 24.9 Å². The Morgan fingerprint density at radius 3 is 2.29 bits per heavy atom. The van der Waals surface area contributed by atoms with Crippen molar-refractivity contribution in [3.63, 3.8) is 0 Å². The molecule has 0 saturated heterocycles. The molecular weight excluding hydrogens is 703 g/mol. The van der Waals surface area contributed by atoms with E-state index in [0.717, 1.165) is 50.1 Å². The molecule has 0 spiro atoms. The standard InChI is InChI=1S/C38H32N3O7P3/c42-34-20-29-19-27(15-16-31(29)38(40-34)51(47)48)30-13-6-14-32-33(30)21-35(49(43)44)41-36(32)28-12-5-11-26(18-28)25-10-4-7-23(17-25)22-39-37(50(45)46)24-8-2-1-3-9-24/h1-19,21,36-37,39,43-44,47-48H,20,22H2,(H-,40,41,42,45,46)/p+1. The third-order valence-electron chi connectivity index (χ3n) is 8.97. The largest absolute Gasteiger partial charge is 0.529 e. The summed E-state index contributed by atoms with van der Waals surface area (Å²) in [4.78, 5) is 66.7. The molecule has 5 aromatic rings. The Labute approximate surface area is 297 Å². The summed E-state index contributed by atoms with van der Waals surface area (Å²) in [6, 6.07) is 36.0. The lowest BCUT2D eigenvalue weighted by atomic mass is 9.85. The van der Waals surface area contributed by atoms with Gasteiger partial charge in [-0.1, -0.05) is 97.1 Å². The number of nitrogens with zero attached hydrogens (tertiary/aromatic N) is 1. The fourth-order valence-electron chi connectivity index (χ4n) is 6.62. The first-order valence-corrected chi connectivity index (χ1v) is 19.8. The molecule has 0 radical (unpaired) electrons. The Morgan fingerprint density at radius 2 is 1.55 bits per heavy atom. The second-order valence-electron chi connectivity index (χ2n) is 12.2. The number of rotatable bonds is 10. The van der Waals surface area contributed by atoms with Crippen molar-refractivity contribution in [1.82, 2.24) is 10.6 Å². The van der Waals surface area contributed by atoms with Crippen molar-refractivity contribution >= 4 is 42.2 Å². The average Bonchev–Trinajstić information content (AvgIpc) is 3.14. The van der Waals surface area contributed by atoms with Crippen LogP contribution in [0, 0.1) is 0 Å². The highest BCUT2D eigenvalue weighted by molar-refractivity contribution is 7.65. The summed E-state index contributed by atoms with van der Waals surface area (Å²) in [5.41, 5.74) is 9.23. The highest BCUT2D eigenvalue weighted by atomic mass is 31.2. The van der Waals surface area contributed by atoms with Crippen molar-refractivity contribution in [2.75, 3.05) is 0 Å². The van der Waals surface area contributed by atoms with Crippen molar-refractivity contribution in [2.45, 2.75) is 24.8 Å². The third-order valence-corrected chi connectivity index (χ3v) is 11.3. The topological polar surface area (TPSA) is 172 Å². The highest BCUT2D eigenvalue weighted by Gasteiger charge is 2.31. The molecule has 2 heterocycles. The number of aliphatic imine (C=N–C) groups is 1. The molecule has 5 aromatic carbocycles. The summed E-state index contributed by atoms with van der Waals surface area (Å²) in [5, 5.41) is 6.57. The lowest BCUT2D eigenvalue weighted by Crippen LogP contribution is -2.25. The van der Waals surface area contributed by atoms with Gasteiger partial charge >= 0.3 is 8.03 Å². The molecule has 0 bridgehead atoms. The molecule has 0 fully saturated rings. The molecule has 7 rings (SSSR count). The van der Waals surface area contributed by atoms with Crippen LogP contribution in [-0.4, -0.2) is 35.8 Å². The molecule has 51 heavy (non-hydrogen) atoms. The lowest BCUT2D eigenvalue weighted by molar-refractivity contribution is -0.117. The molecule has 10 nitrogen and oxygen atoms in total. The molecule has 0 saturated carbocycles. The van der Waals surface area contributed by atoms with Gasteiger partial charge in [-0.25, -0.2) is 4.99 Å². The van der Waals surface area contributed by atoms with Crippen LogP contribution in [0.2, 0.25) is 0 Å². The molecule has 1 amide bonds. The van der Waals surface area contributed by atoms with Gasteiger partial charge in [0.05, 0.1) is 17.9 Å². The number of fused-ring (bicyclic) bond motifs is 2. The van der Waals surface area contributed by atoms with Gasteiger partial charge in [0, 0.05) is 17.7 Å². The van der Waals surface area contributed by atoms with Gasteiger partial charge in [-0.3, -0.25) is 10.1 Å². The molecule has 0 aliphatic carbocycles. The lowest BCUT2D eigenvalue weighted by Gasteiger charge is -2.30. The zero-order chi connectivity index (χ0) is 35.6. The van der Waals surface area contributed by atoms with Gasteiger partial charge in [-0.05, 0) is 78.9 Å². The van der Waals surface area contributed by atoms with Crippen LogP contribution in [0.25, 0.3) is 28.3 Å². The second kappa shape index (κ2) is 15.1. The van der Waals surface area contributed by atoms with Crippen LogP contribution in [0.5, 0.6) is 0 Å². The highest BCUT2D eigenvalue weighted by Crippen LogP contribution is 2.46. The average molecular weight is 737 g/mol. The Morgan fingerprint density at radius 1 is 0.804 bits per heavy atom. The van der Waals surface area contributed by atoms with Crippen molar-refractivity contribution in [2.24, 2.45) is 4.99 Å². The van der Waals surface area contributed by atoms with Gasteiger partial charge in [0.2, 0.25) is 16.8 Å². The van der Waals surface area contributed by atoms with E-state index in [-0.39, 0.29) is 17.3 Å². The molecule has 7 N–H and O–H groups in total. The number of benzene rings is 5. The van der Waals surface area contributed by atoms with Crippen LogP contribution in [0.3, 0.4) is 0 Å².